The minimum absolute atomic E-state index is 0.587. The van der Waals surface area contributed by atoms with Crippen LogP contribution in [0.2, 0.25) is 0 Å². The van der Waals surface area contributed by atoms with E-state index < -0.39 is 0 Å². The van der Waals surface area contributed by atoms with E-state index in [0.717, 1.165) is 11.3 Å². The maximum atomic E-state index is 5.65. The summed E-state index contributed by atoms with van der Waals surface area (Å²) in [6, 6.07) is 7.66. The lowest BCUT2D eigenvalue weighted by Gasteiger charge is -1.97. The summed E-state index contributed by atoms with van der Waals surface area (Å²) in [7, 11) is 0. The smallest absolute Gasteiger partial charge is 0.223 e. The summed E-state index contributed by atoms with van der Waals surface area (Å²) in [6.45, 7) is 1.77. The first kappa shape index (κ1) is 8.74. The van der Waals surface area contributed by atoms with Gasteiger partial charge in [-0.05, 0) is 17.7 Å². The van der Waals surface area contributed by atoms with Crippen LogP contribution in [-0.4, -0.2) is 10.1 Å². The Kier molecular flexibility index (Phi) is 2.18. The molecule has 4 heteroatoms. The molecule has 0 bridgehead atoms. The van der Waals surface area contributed by atoms with Gasteiger partial charge in [0.05, 0.1) is 0 Å². The van der Waals surface area contributed by atoms with Crippen molar-refractivity contribution in [3.8, 4) is 0 Å². The first-order valence-corrected chi connectivity index (χ1v) is 4.37. The molecule has 0 saturated heterocycles. The Morgan fingerprint density at radius 3 is 2.93 bits per heavy atom. The standard InChI is InChI=1S/C10H11N3O/c1-7-12-10(13-14-7)6-8-3-2-4-9(11)5-8/h2-5H,6,11H2,1H3. The van der Waals surface area contributed by atoms with E-state index in [2.05, 4.69) is 10.1 Å². The van der Waals surface area contributed by atoms with Crippen molar-refractivity contribution in [3.63, 3.8) is 0 Å². The van der Waals surface area contributed by atoms with Crippen molar-refractivity contribution < 1.29 is 4.52 Å². The average Bonchev–Trinajstić information content (AvgIpc) is 2.51. The second-order valence-electron chi connectivity index (χ2n) is 3.15. The van der Waals surface area contributed by atoms with Crippen LogP contribution in [0.25, 0.3) is 0 Å². The van der Waals surface area contributed by atoms with Gasteiger partial charge in [-0.3, -0.25) is 0 Å². The molecule has 2 rings (SSSR count). The zero-order chi connectivity index (χ0) is 9.97. The van der Waals surface area contributed by atoms with Crippen molar-refractivity contribution in [2.45, 2.75) is 13.3 Å². The van der Waals surface area contributed by atoms with E-state index in [1.807, 2.05) is 24.3 Å². The van der Waals surface area contributed by atoms with Gasteiger partial charge in [0.15, 0.2) is 5.82 Å². The van der Waals surface area contributed by atoms with Gasteiger partial charge in [0, 0.05) is 19.0 Å². The van der Waals surface area contributed by atoms with Crippen LogP contribution < -0.4 is 5.73 Å². The first-order chi connectivity index (χ1) is 6.74. The topological polar surface area (TPSA) is 64.9 Å². The largest absolute Gasteiger partial charge is 0.399 e. The van der Waals surface area contributed by atoms with Gasteiger partial charge in [0.2, 0.25) is 5.89 Å². The van der Waals surface area contributed by atoms with Crippen molar-refractivity contribution >= 4 is 5.69 Å². The van der Waals surface area contributed by atoms with Crippen LogP contribution in [0.5, 0.6) is 0 Å². The van der Waals surface area contributed by atoms with Crippen LogP contribution >= 0.6 is 0 Å². The minimum Gasteiger partial charge on any atom is -0.399 e. The number of rotatable bonds is 2. The summed E-state index contributed by atoms with van der Waals surface area (Å²) in [5.41, 5.74) is 7.49. The van der Waals surface area contributed by atoms with Crippen LogP contribution in [0, 0.1) is 6.92 Å². The maximum absolute atomic E-state index is 5.65. The monoisotopic (exact) mass is 189 g/mol. The van der Waals surface area contributed by atoms with Gasteiger partial charge in [-0.1, -0.05) is 17.3 Å². The fraction of sp³-hybridized carbons (Fsp3) is 0.200. The molecule has 0 unspecified atom stereocenters. The number of aromatic nitrogens is 2. The van der Waals surface area contributed by atoms with Crippen LogP contribution in [0.4, 0.5) is 5.69 Å². The zero-order valence-electron chi connectivity index (χ0n) is 7.90. The Hall–Kier alpha value is -1.84. The van der Waals surface area contributed by atoms with Gasteiger partial charge in [-0.15, -0.1) is 0 Å². The van der Waals surface area contributed by atoms with Crippen molar-refractivity contribution in [1.29, 1.82) is 0 Å². The number of hydrogen-bond donors (Lipinski definition) is 1. The molecule has 0 spiro atoms. The molecule has 2 N–H and O–H groups in total. The van der Waals surface area contributed by atoms with Gasteiger partial charge < -0.3 is 10.3 Å². The van der Waals surface area contributed by atoms with Crippen molar-refractivity contribution in [3.05, 3.63) is 41.5 Å². The van der Waals surface area contributed by atoms with Crippen LogP contribution in [-0.2, 0) is 6.42 Å². The van der Waals surface area contributed by atoms with E-state index in [4.69, 9.17) is 10.3 Å². The summed E-state index contributed by atoms with van der Waals surface area (Å²) in [6.07, 6.45) is 0.655. The number of nitrogen functional groups attached to an aromatic ring is 1. The molecule has 0 aliphatic carbocycles. The van der Waals surface area contributed by atoms with Gasteiger partial charge in [-0.25, -0.2) is 0 Å². The van der Waals surface area contributed by atoms with Gasteiger partial charge in [0.25, 0.3) is 0 Å². The van der Waals surface area contributed by atoms with Crippen molar-refractivity contribution in [2.24, 2.45) is 0 Å². The SMILES string of the molecule is Cc1nc(Cc2cccc(N)c2)no1. The molecule has 1 heterocycles. The van der Waals surface area contributed by atoms with Gasteiger partial charge >= 0.3 is 0 Å². The molecule has 0 radical (unpaired) electrons. The molecule has 2 aromatic rings. The highest BCUT2D eigenvalue weighted by Crippen LogP contribution is 2.10. The minimum atomic E-state index is 0.587. The van der Waals surface area contributed by atoms with Crippen LogP contribution in [0.3, 0.4) is 0 Å². The van der Waals surface area contributed by atoms with E-state index in [1.54, 1.807) is 6.92 Å². The van der Waals surface area contributed by atoms with Crippen molar-refractivity contribution in [1.82, 2.24) is 10.1 Å². The predicted octanol–water partition coefficient (Wildman–Crippen LogP) is 1.55. The highest BCUT2D eigenvalue weighted by Gasteiger charge is 2.03. The highest BCUT2D eigenvalue weighted by atomic mass is 16.5. The second kappa shape index (κ2) is 3.49. The quantitative estimate of drug-likeness (QED) is 0.728. The Morgan fingerprint density at radius 1 is 1.43 bits per heavy atom. The third-order valence-electron chi connectivity index (χ3n) is 1.88. The zero-order valence-corrected chi connectivity index (χ0v) is 7.90. The number of nitrogens with two attached hydrogens (primary N) is 1. The van der Waals surface area contributed by atoms with Gasteiger partial charge in [0.1, 0.15) is 0 Å². The Morgan fingerprint density at radius 2 is 2.29 bits per heavy atom. The van der Waals surface area contributed by atoms with E-state index in [9.17, 15) is 0 Å². The maximum Gasteiger partial charge on any atom is 0.223 e. The van der Waals surface area contributed by atoms with E-state index in [0.29, 0.717) is 18.1 Å². The summed E-state index contributed by atoms with van der Waals surface area (Å²) in [4.78, 5) is 4.12. The van der Waals surface area contributed by atoms with E-state index in [1.165, 1.54) is 0 Å². The van der Waals surface area contributed by atoms with E-state index in [-0.39, 0.29) is 0 Å². The summed E-state index contributed by atoms with van der Waals surface area (Å²) < 4.78 is 4.87. The lowest BCUT2D eigenvalue weighted by molar-refractivity contribution is 0.388. The lowest BCUT2D eigenvalue weighted by atomic mass is 10.1. The second-order valence-corrected chi connectivity index (χ2v) is 3.15. The highest BCUT2D eigenvalue weighted by molar-refractivity contribution is 5.41. The molecule has 0 amide bonds. The number of benzene rings is 1. The number of anilines is 1. The molecule has 0 atom stereocenters. The molecule has 0 fully saturated rings. The molecule has 72 valence electrons. The average molecular weight is 189 g/mol. The molecule has 0 aliphatic rings. The summed E-state index contributed by atoms with van der Waals surface area (Å²) in [5.74, 6) is 1.28. The Labute approximate surface area is 81.7 Å². The molecule has 1 aromatic heterocycles. The van der Waals surface area contributed by atoms with Crippen LogP contribution in [0.1, 0.15) is 17.3 Å². The fourth-order valence-electron chi connectivity index (χ4n) is 1.30. The van der Waals surface area contributed by atoms with Crippen molar-refractivity contribution in [2.75, 3.05) is 5.73 Å². The molecule has 1 aromatic carbocycles. The number of nitrogens with zero attached hydrogens (tertiary/aromatic N) is 2. The third kappa shape index (κ3) is 1.90. The van der Waals surface area contributed by atoms with Gasteiger partial charge in [-0.2, -0.15) is 4.98 Å². The fourth-order valence-corrected chi connectivity index (χ4v) is 1.30. The molecule has 0 saturated carbocycles. The molecule has 14 heavy (non-hydrogen) atoms. The summed E-state index contributed by atoms with van der Waals surface area (Å²) in [5, 5.41) is 3.81. The lowest BCUT2D eigenvalue weighted by Crippen LogP contribution is -1.92. The third-order valence-corrected chi connectivity index (χ3v) is 1.88. The summed E-state index contributed by atoms with van der Waals surface area (Å²) >= 11 is 0. The molecule has 0 aliphatic heterocycles. The first-order valence-electron chi connectivity index (χ1n) is 4.37. The molecular formula is C10H11N3O. The Balaban J connectivity index is 2.18. The normalized spacial score (nSPS) is 10.4. The molecule has 4 nitrogen and oxygen atoms in total. The number of aryl methyl sites for hydroxylation is 1. The Bertz CT molecular complexity index is 436. The number of hydrogen-bond acceptors (Lipinski definition) is 4. The van der Waals surface area contributed by atoms with Crippen LogP contribution in [0.15, 0.2) is 28.8 Å². The van der Waals surface area contributed by atoms with E-state index >= 15 is 0 Å². The molecular weight excluding hydrogens is 178 g/mol. The predicted molar refractivity (Wildman–Crippen MR) is 52.7 cm³/mol.